The summed E-state index contributed by atoms with van der Waals surface area (Å²) in [5.41, 5.74) is 2.83. The third-order valence-electron chi connectivity index (χ3n) is 6.90. The van der Waals surface area contributed by atoms with Gasteiger partial charge in [0, 0.05) is 6.04 Å². The van der Waals surface area contributed by atoms with Crippen molar-refractivity contribution >= 4 is 0 Å². The zero-order valence-electron chi connectivity index (χ0n) is 20.8. The SMILES string of the molecule is CCCCCCCCCCCCCCCCCC1NCCc2cc(OC)c(OC)cc21. The second-order valence-corrected chi connectivity index (χ2v) is 9.40. The summed E-state index contributed by atoms with van der Waals surface area (Å²) < 4.78 is 11.0. The lowest BCUT2D eigenvalue weighted by molar-refractivity contribution is 0.351. The van der Waals surface area contributed by atoms with E-state index < -0.39 is 0 Å². The molecule has 0 fully saturated rings. The van der Waals surface area contributed by atoms with Crippen molar-refractivity contribution in [1.82, 2.24) is 5.32 Å². The molecule has 0 aliphatic carbocycles. The first-order chi connectivity index (χ1) is 15.3. The van der Waals surface area contributed by atoms with Crippen LogP contribution in [0.3, 0.4) is 0 Å². The molecule has 0 saturated heterocycles. The summed E-state index contributed by atoms with van der Waals surface area (Å²) in [5.74, 6) is 1.71. The number of rotatable bonds is 18. The highest BCUT2D eigenvalue weighted by atomic mass is 16.5. The Morgan fingerprint density at radius 1 is 0.710 bits per heavy atom. The summed E-state index contributed by atoms with van der Waals surface area (Å²) in [4.78, 5) is 0. The van der Waals surface area contributed by atoms with Crippen molar-refractivity contribution in [3.05, 3.63) is 23.3 Å². The van der Waals surface area contributed by atoms with Crippen molar-refractivity contribution in [2.24, 2.45) is 0 Å². The molecule has 31 heavy (non-hydrogen) atoms. The fourth-order valence-electron chi connectivity index (χ4n) is 4.95. The lowest BCUT2D eigenvalue weighted by Crippen LogP contribution is -2.29. The Morgan fingerprint density at radius 2 is 1.19 bits per heavy atom. The van der Waals surface area contributed by atoms with E-state index in [4.69, 9.17) is 9.47 Å². The topological polar surface area (TPSA) is 30.5 Å². The van der Waals surface area contributed by atoms with Gasteiger partial charge >= 0.3 is 0 Å². The third kappa shape index (κ3) is 9.85. The van der Waals surface area contributed by atoms with E-state index in [1.54, 1.807) is 14.2 Å². The largest absolute Gasteiger partial charge is 0.493 e. The molecule has 0 radical (unpaired) electrons. The van der Waals surface area contributed by atoms with Gasteiger partial charge in [0.25, 0.3) is 0 Å². The first-order valence-corrected chi connectivity index (χ1v) is 13.3. The van der Waals surface area contributed by atoms with Gasteiger partial charge < -0.3 is 14.8 Å². The maximum absolute atomic E-state index is 5.53. The number of fused-ring (bicyclic) bond motifs is 1. The van der Waals surface area contributed by atoms with Gasteiger partial charge in [-0.3, -0.25) is 0 Å². The van der Waals surface area contributed by atoms with E-state index in [2.05, 4.69) is 24.4 Å². The van der Waals surface area contributed by atoms with Gasteiger partial charge in [-0.2, -0.15) is 0 Å². The van der Waals surface area contributed by atoms with E-state index in [0.29, 0.717) is 6.04 Å². The van der Waals surface area contributed by atoms with Gasteiger partial charge in [0.2, 0.25) is 0 Å². The summed E-state index contributed by atoms with van der Waals surface area (Å²) in [7, 11) is 3.45. The summed E-state index contributed by atoms with van der Waals surface area (Å²) in [6.45, 7) is 3.36. The normalized spacial score (nSPS) is 15.6. The molecule has 1 heterocycles. The number of ether oxygens (including phenoxy) is 2. The van der Waals surface area contributed by atoms with Gasteiger partial charge in [-0.15, -0.1) is 0 Å². The monoisotopic (exact) mass is 431 g/mol. The van der Waals surface area contributed by atoms with Crippen LogP contribution in [0.15, 0.2) is 12.1 Å². The van der Waals surface area contributed by atoms with Crippen LogP contribution < -0.4 is 14.8 Å². The number of unbranched alkanes of at least 4 members (excludes halogenated alkanes) is 14. The number of methoxy groups -OCH3 is 2. The highest BCUT2D eigenvalue weighted by molar-refractivity contribution is 5.49. The fourth-order valence-corrected chi connectivity index (χ4v) is 4.95. The van der Waals surface area contributed by atoms with Gasteiger partial charge in [-0.1, -0.05) is 103 Å². The Bertz CT molecular complexity index is 587. The molecular weight excluding hydrogens is 382 g/mol. The second kappa shape index (κ2) is 16.4. The molecule has 0 saturated carbocycles. The van der Waals surface area contributed by atoms with Crippen molar-refractivity contribution in [3.63, 3.8) is 0 Å². The van der Waals surface area contributed by atoms with Gasteiger partial charge in [-0.05, 0) is 42.6 Å². The summed E-state index contributed by atoms with van der Waals surface area (Å²) in [6.07, 6.45) is 23.6. The minimum atomic E-state index is 0.463. The zero-order valence-corrected chi connectivity index (χ0v) is 20.8. The molecule has 178 valence electrons. The molecule has 0 bridgehead atoms. The quantitative estimate of drug-likeness (QED) is 0.238. The Labute approximate surface area is 192 Å². The molecule has 1 aliphatic rings. The van der Waals surface area contributed by atoms with E-state index in [9.17, 15) is 0 Å². The van der Waals surface area contributed by atoms with Crippen LogP contribution in [0.5, 0.6) is 11.5 Å². The first kappa shape index (κ1) is 26.0. The van der Waals surface area contributed by atoms with Gasteiger partial charge in [0.1, 0.15) is 0 Å². The van der Waals surface area contributed by atoms with Crippen molar-refractivity contribution in [1.29, 1.82) is 0 Å². The Kier molecular flexibility index (Phi) is 13.8. The zero-order chi connectivity index (χ0) is 22.2. The van der Waals surface area contributed by atoms with Crippen LogP contribution in [0.25, 0.3) is 0 Å². The van der Waals surface area contributed by atoms with E-state index >= 15 is 0 Å². The maximum Gasteiger partial charge on any atom is 0.161 e. The summed E-state index contributed by atoms with van der Waals surface area (Å²) >= 11 is 0. The predicted molar refractivity (Wildman–Crippen MR) is 134 cm³/mol. The van der Waals surface area contributed by atoms with Crippen LogP contribution in [-0.4, -0.2) is 20.8 Å². The maximum atomic E-state index is 5.53. The molecule has 1 unspecified atom stereocenters. The van der Waals surface area contributed by atoms with Crippen molar-refractivity contribution in [3.8, 4) is 11.5 Å². The fraction of sp³-hybridized carbons (Fsp3) is 0.786. The van der Waals surface area contributed by atoms with E-state index in [1.165, 1.54) is 114 Å². The van der Waals surface area contributed by atoms with Gasteiger partial charge in [0.15, 0.2) is 11.5 Å². The van der Waals surface area contributed by atoms with Gasteiger partial charge in [0.05, 0.1) is 14.2 Å². The highest BCUT2D eigenvalue weighted by Crippen LogP contribution is 2.36. The van der Waals surface area contributed by atoms with Crippen LogP contribution in [0.4, 0.5) is 0 Å². The molecule has 1 aromatic carbocycles. The van der Waals surface area contributed by atoms with Crippen LogP contribution in [-0.2, 0) is 6.42 Å². The molecule has 3 nitrogen and oxygen atoms in total. The van der Waals surface area contributed by atoms with E-state index in [0.717, 1.165) is 24.5 Å². The van der Waals surface area contributed by atoms with Crippen molar-refractivity contribution < 1.29 is 9.47 Å². The molecule has 3 heteroatoms. The smallest absolute Gasteiger partial charge is 0.161 e. The lowest BCUT2D eigenvalue weighted by Gasteiger charge is -2.28. The standard InChI is InChI=1S/C28H49NO2/c1-4-5-6-7-8-9-10-11-12-13-14-15-16-17-18-19-26-25-23-28(31-3)27(30-2)22-24(25)20-21-29-26/h22-23,26,29H,4-21H2,1-3H3. The van der Waals surface area contributed by atoms with Crippen molar-refractivity contribution in [2.75, 3.05) is 20.8 Å². The third-order valence-corrected chi connectivity index (χ3v) is 6.90. The van der Waals surface area contributed by atoms with Gasteiger partial charge in [-0.25, -0.2) is 0 Å². The minimum Gasteiger partial charge on any atom is -0.493 e. The van der Waals surface area contributed by atoms with E-state index in [1.807, 2.05) is 0 Å². The Hall–Kier alpha value is -1.22. The lowest BCUT2D eigenvalue weighted by atomic mass is 9.90. The molecule has 2 rings (SSSR count). The average Bonchev–Trinajstić information content (AvgIpc) is 2.80. The highest BCUT2D eigenvalue weighted by Gasteiger charge is 2.22. The Morgan fingerprint density at radius 3 is 1.71 bits per heavy atom. The molecule has 1 N–H and O–H groups in total. The first-order valence-electron chi connectivity index (χ1n) is 13.3. The average molecular weight is 432 g/mol. The summed E-state index contributed by atoms with van der Waals surface area (Å²) in [5, 5.41) is 3.72. The van der Waals surface area contributed by atoms with Crippen LogP contribution in [0.1, 0.15) is 127 Å². The van der Waals surface area contributed by atoms with Crippen molar-refractivity contribution in [2.45, 2.75) is 122 Å². The summed E-state index contributed by atoms with van der Waals surface area (Å²) in [6, 6.07) is 4.83. The van der Waals surface area contributed by atoms with Crippen LogP contribution in [0.2, 0.25) is 0 Å². The Balaban J connectivity index is 1.50. The number of nitrogens with one attached hydrogen (secondary N) is 1. The second-order valence-electron chi connectivity index (χ2n) is 9.40. The number of benzene rings is 1. The number of hydrogen-bond donors (Lipinski definition) is 1. The molecule has 1 aliphatic heterocycles. The number of hydrogen-bond acceptors (Lipinski definition) is 3. The molecule has 0 aromatic heterocycles. The molecule has 1 aromatic rings. The predicted octanol–water partition coefficient (Wildman–Crippen LogP) is 8.15. The molecule has 0 spiro atoms. The van der Waals surface area contributed by atoms with Crippen LogP contribution >= 0.6 is 0 Å². The molecule has 1 atom stereocenters. The van der Waals surface area contributed by atoms with Crippen LogP contribution in [0, 0.1) is 0 Å². The molecule has 0 amide bonds. The van der Waals surface area contributed by atoms with E-state index in [-0.39, 0.29) is 0 Å². The minimum absolute atomic E-state index is 0.463. The molecular formula is C28H49NO2.